The predicted molar refractivity (Wildman–Crippen MR) is 122 cm³/mol. The summed E-state index contributed by atoms with van der Waals surface area (Å²) in [5, 5.41) is 11.7. The molecule has 0 atom stereocenters. The first-order valence-electron chi connectivity index (χ1n) is 10.7. The maximum Gasteiger partial charge on any atom is 0.287 e. The Morgan fingerprint density at radius 1 is 0.970 bits per heavy atom. The van der Waals surface area contributed by atoms with Crippen LogP contribution in [0.25, 0.3) is 0 Å². The fourth-order valence-corrected chi connectivity index (χ4v) is 3.62. The van der Waals surface area contributed by atoms with Crippen molar-refractivity contribution in [3.63, 3.8) is 0 Å². The van der Waals surface area contributed by atoms with Crippen molar-refractivity contribution in [2.75, 3.05) is 37.6 Å². The highest BCUT2D eigenvalue weighted by molar-refractivity contribution is 5.94. The van der Waals surface area contributed by atoms with Gasteiger partial charge in [0.1, 0.15) is 24.2 Å². The third-order valence-electron chi connectivity index (χ3n) is 5.42. The molecule has 1 saturated heterocycles. The van der Waals surface area contributed by atoms with Crippen LogP contribution in [0.15, 0.2) is 71.1 Å². The van der Waals surface area contributed by atoms with E-state index in [-0.39, 0.29) is 24.8 Å². The van der Waals surface area contributed by atoms with Crippen molar-refractivity contribution >= 4 is 17.5 Å². The Kier molecular flexibility index (Phi) is 6.90. The highest BCUT2D eigenvalue weighted by Gasteiger charge is 2.22. The number of piperazine rings is 1. The number of amides is 2. The van der Waals surface area contributed by atoms with E-state index in [4.69, 9.17) is 14.4 Å². The van der Waals surface area contributed by atoms with E-state index in [9.17, 15) is 9.59 Å². The zero-order valence-electron chi connectivity index (χ0n) is 18.1. The monoisotopic (exact) mass is 444 g/mol. The normalized spacial score (nSPS) is 13.3. The van der Waals surface area contributed by atoms with Crippen molar-refractivity contribution in [3.8, 4) is 11.8 Å². The first-order chi connectivity index (χ1) is 16.1. The summed E-state index contributed by atoms with van der Waals surface area (Å²) in [6.45, 7) is 2.70. The number of nitrogens with one attached hydrogen (secondary N) is 1. The van der Waals surface area contributed by atoms with Gasteiger partial charge in [0.25, 0.3) is 5.91 Å². The van der Waals surface area contributed by atoms with Crippen LogP contribution < -0.4 is 15.0 Å². The van der Waals surface area contributed by atoms with Gasteiger partial charge in [-0.1, -0.05) is 30.3 Å². The van der Waals surface area contributed by atoms with Gasteiger partial charge < -0.3 is 24.3 Å². The molecule has 0 aliphatic carbocycles. The van der Waals surface area contributed by atoms with E-state index in [2.05, 4.69) is 28.4 Å². The van der Waals surface area contributed by atoms with Gasteiger partial charge in [0, 0.05) is 31.9 Å². The number of carbonyl (C=O) groups excluding carboxylic acids is 2. The maximum absolute atomic E-state index is 12.5. The molecule has 8 nitrogen and oxygen atoms in total. The standard InChI is InChI=1S/C25H24N4O4/c26-16-19-6-4-5-9-22(19)32-18-21-10-11-23(33-21)25(31)27-17-24(30)29-14-12-28(13-15-29)20-7-2-1-3-8-20/h1-11H,12-15,17-18H2,(H,27,31). The third kappa shape index (κ3) is 5.52. The van der Waals surface area contributed by atoms with Crippen LogP contribution in [0.4, 0.5) is 5.69 Å². The number of hydrogen-bond donors (Lipinski definition) is 1. The Hall–Kier alpha value is -4.25. The molecule has 1 aliphatic rings. The smallest absolute Gasteiger partial charge is 0.287 e. The van der Waals surface area contributed by atoms with E-state index in [0.29, 0.717) is 30.2 Å². The molecule has 0 radical (unpaired) electrons. The Morgan fingerprint density at radius 3 is 2.45 bits per heavy atom. The molecule has 8 heteroatoms. The molecular formula is C25H24N4O4. The lowest BCUT2D eigenvalue weighted by molar-refractivity contribution is -0.130. The van der Waals surface area contributed by atoms with Gasteiger partial charge in [-0.05, 0) is 36.4 Å². The second-order valence-corrected chi connectivity index (χ2v) is 7.55. The van der Waals surface area contributed by atoms with Gasteiger partial charge >= 0.3 is 0 Å². The molecule has 1 fully saturated rings. The predicted octanol–water partition coefficient (Wildman–Crippen LogP) is 2.81. The van der Waals surface area contributed by atoms with Crippen molar-refractivity contribution in [2.24, 2.45) is 0 Å². The van der Waals surface area contributed by atoms with Crippen molar-refractivity contribution in [3.05, 3.63) is 83.8 Å². The number of anilines is 1. The topological polar surface area (TPSA) is 98.8 Å². The van der Waals surface area contributed by atoms with Crippen LogP contribution in [0, 0.1) is 11.3 Å². The number of hydrogen-bond acceptors (Lipinski definition) is 6. The van der Waals surface area contributed by atoms with Gasteiger partial charge in [0.05, 0.1) is 12.1 Å². The molecular weight excluding hydrogens is 420 g/mol. The molecule has 1 aromatic heterocycles. The van der Waals surface area contributed by atoms with Crippen LogP contribution in [0.3, 0.4) is 0 Å². The highest BCUT2D eigenvalue weighted by atomic mass is 16.5. The zero-order valence-corrected chi connectivity index (χ0v) is 18.1. The molecule has 3 aromatic rings. The molecule has 2 aromatic carbocycles. The summed E-state index contributed by atoms with van der Waals surface area (Å²) in [4.78, 5) is 28.9. The summed E-state index contributed by atoms with van der Waals surface area (Å²) >= 11 is 0. The average Bonchev–Trinajstić information content (AvgIpc) is 3.36. The molecule has 0 bridgehead atoms. The lowest BCUT2D eigenvalue weighted by Crippen LogP contribution is -2.51. The number of ether oxygens (including phenoxy) is 1. The molecule has 2 amide bonds. The Balaban J connectivity index is 1.23. The molecule has 2 heterocycles. The Bertz CT molecular complexity index is 1140. The van der Waals surface area contributed by atoms with E-state index in [1.54, 1.807) is 35.2 Å². The number of para-hydroxylation sites is 2. The van der Waals surface area contributed by atoms with Crippen LogP contribution >= 0.6 is 0 Å². The molecule has 0 unspecified atom stereocenters. The number of rotatable bonds is 7. The number of nitriles is 1. The third-order valence-corrected chi connectivity index (χ3v) is 5.42. The van der Waals surface area contributed by atoms with Gasteiger partial charge in [0.15, 0.2) is 5.76 Å². The van der Waals surface area contributed by atoms with Gasteiger partial charge in [-0.25, -0.2) is 0 Å². The highest BCUT2D eigenvalue weighted by Crippen LogP contribution is 2.19. The maximum atomic E-state index is 12.5. The number of furan rings is 1. The lowest BCUT2D eigenvalue weighted by atomic mass is 10.2. The second-order valence-electron chi connectivity index (χ2n) is 7.55. The summed E-state index contributed by atoms with van der Waals surface area (Å²) < 4.78 is 11.1. The van der Waals surface area contributed by atoms with E-state index in [0.717, 1.165) is 18.8 Å². The quantitative estimate of drug-likeness (QED) is 0.602. The van der Waals surface area contributed by atoms with E-state index in [1.807, 2.05) is 18.2 Å². The molecule has 1 aliphatic heterocycles. The van der Waals surface area contributed by atoms with Gasteiger partial charge in [-0.15, -0.1) is 0 Å². The van der Waals surface area contributed by atoms with Crippen molar-refractivity contribution in [1.82, 2.24) is 10.2 Å². The van der Waals surface area contributed by atoms with Gasteiger partial charge in [-0.2, -0.15) is 5.26 Å². The largest absolute Gasteiger partial charge is 0.484 e. The zero-order chi connectivity index (χ0) is 23.0. The first kappa shape index (κ1) is 22.0. The summed E-state index contributed by atoms with van der Waals surface area (Å²) in [5.74, 6) is 0.398. The fourth-order valence-electron chi connectivity index (χ4n) is 3.62. The van der Waals surface area contributed by atoms with Crippen LogP contribution in [-0.4, -0.2) is 49.4 Å². The van der Waals surface area contributed by atoms with E-state index >= 15 is 0 Å². The molecule has 1 N–H and O–H groups in total. The summed E-state index contributed by atoms with van der Waals surface area (Å²) in [7, 11) is 0. The number of nitrogens with zero attached hydrogens (tertiary/aromatic N) is 3. The lowest BCUT2D eigenvalue weighted by Gasteiger charge is -2.36. The van der Waals surface area contributed by atoms with Crippen molar-refractivity contribution < 1.29 is 18.7 Å². The summed E-state index contributed by atoms with van der Waals surface area (Å²) in [5.41, 5.74) is 1.57. The van der Waals surface area contributed by atoms with Crippen molar-refractivity contribution in [1.29, 1.82) is 5.26 Å². The van der Waals surface area contributed by atoms with Gasteiger partial charge in [0.2, 0.25) is 5.91 Å². The van der Waals surface area contributed by atoms with E-state index in [1.165, 1.54) is 6.07 Å². The number of carbonyl (C=O) groups is 2. The molecule has 33 heavy (non-hydrogen) atoms. The Morgan fingerprint density at radius 2 is 1.70 bits per heavy atom. The summed E-state index contributed by atoms with van der Waals surface area (Å²) in [6, 6.07) is 22.2. The minimum absolute atomic E-state index is 0.0800. The van der Waals surface area contributed by atoms with Crippen molar-refractivity contribution in [2.45, 2.75) is 6.61 Å². The van der Waals surface area contributed by atoms with Gasteiger partial charge in [-0.3, -0.25) is 9.59 Å². The average molecular weight is 444 g/mol. The second kappa shape index (κ2) is 10.4. The van der Waals surface area contributed by atoms with Crippen LogP contribution in [-0.2, 0) is 11.4 Å². The summed E-state index contributed by atoms with van der Waals surface area (Å²) in [6.07, 6.45) is 0. The van der Waals surface area contributed by atoms with Crippen LogP contribution in [0.5, 0.6) is 5.75 Å². The first-order valence-corrected chi connectivity index (χ1v) is 10.7. The Labute approximate surface area is 192 Å². The van der Waals surface area contributed by atoms with Crippen LogP contribution in [0.2, 0.25) is 0 Å². The fraction of sp³-hybridized carbons (Fsp3) is 0.240. The molecule has 168 valence electrons. The SMILES string of the molecule is N#Cc1ccccc1OCc1ccc(C(=O)NCC(=O)N2CCN(c3ccccc3)CC2)o1. The molecule has 0 saturated carbocycles. The van der Waals surface area contributed by atoms with E-state index < -0.39 is 5.91 Å². The molecule has 0 spiro atoms. The number of benzene rings is 2. The molecule has 4 rings (SSSR count). The van der Waals surface area contributed by atoms with Crippen LogP contribution in [0.1, 0.15) is 21.9 Å². The minimum Gasteiger partial charge on any atom is -0.484 e. The minimum atomic E-state index is -0.463.